The average molecular weight is 320 g/mol. The van der Waals surface area contributed by atoms with Crippen LogP contribution in [0.5, 0.6) is 0 Å². The van der Waals surface area contributed by atoms with Crippen LogP contribution in [0.2, 0.25) is 0 Å². The van der Waals surface area contributed by atoms with Gasteiger partial charge in [0.1, 0.15) is 0 Å². The Kier molecular flexibility index (Phi) is 3.71. The molecule has 1 heterocycles. The predicted molar refractivity (Wildman–Crippen MR) is 80.2 cm³/mol. The Labute approximate surface area is 122 Å². The summed E-state index contributed by atoms with van der Waals surface area (Å²) in [5.41, 5.74) is 4.05. The average Bonchev–Trinajstić information content (AvgIpc) is 3.17. The number of nitrogens with one attached hydrogen (secondary N) is 1. The highest BCUT2D eigenvalue weighted by atomic mass is 79.9. The SMILES string of the molecule is CNCc1cnn(Cc2ccccc2Br)c1C1CC1. The van der Waals surface area contributed by atoms with E-state index in [1.54, 1.807) is 0 Å². The smallest absolute Gasteiger partial charge is 0.0673 e. The van der Waals surface area contributed by atoms with Crippen LogP contribution in [0.25, 0.3) is 0 Å². The van der Waals surface area contributed by atoms with Crippen LogP contribution in [0, 0.1) is 0 Å². The minimum absolute atomic E-state index is 0.716. The van der Waals surface area contributed by atoms with E-state index in [-0.39, 0.29) is 0 Å². The van der Waals surface area contributed by atoms with E-state index in [0.717, 1.165) is 17.6 Å². The first-order valence-corrected chi connectivity index (χ1v) is 7.51. The lowest BCUT2D eigenvalue weighted by Crippen LogP contribution is -2.10. The lowest BCUT2D eigenvalue weighted by atomic mass is 10.1. The van der Waals surface area contributed by atoms with Crippen LogP contribution in [0.3, 0.4) is 0 Å². The molecule has 3 rings (SSSR count). The molecule has 0 aliphatic heterocycles. The minimum Gasteiger partial charge on any atom is -0.316 e. The van der Waals surface area contributed by atoms with E-state index < -0.39 is 0 Å². The molecule has 2 aromatic rings. The van der Waals surface area contributed by atoms with Gasteiger partial charge in [0.2, 0.25) is 0 Å². The van der Waals surface area contributed by atoms with E-state index in [1.165, 1.54) is 29.7 Å². The number of hydrogen-bond donors (Lipinski definition) is 1. The van der Waals surface area contributed by atoms with E-state index >= 15 is 0 Å². The van der Waals surface area contributed by atoms with Crippen LogP contribution in [0.1, 0.15) is 35.6 Å². The van der Waals surface area contributed by atoms with Gasteiger partial charge in [0.05, 0.1) is 12.7 Å². The lowest BCUT2D eigenvalue weighted by Gasteiger charge is -2.10. The number of rotatable bonds is 5. The number of halogens is 1. The van der Waals surface area contributed by atoms with Gasteiger partial charge in [-0.25, -0.2) is 0 Å². The molecule has 1 aliphatic carbocycles. The van der Waals surface area contributed by atoms with Gasteiger partial charge in [-0.2, -0.15) is 5.10 Å². The monoisotopic (exact) mass is 319 g/mol. The molecule has 1 fully saturated rings. The van der Waals surface area contributed by atoms with Crippen LogP contribution in [0.4, 0.5) is 0 Å². The molecule has 1 aromatic carbocycles. The lowest BCUT2D eigenvalue weighted by molar-refractivity contribution is 0.640. The highest BCUT2D eigenvalue weighted by Gasteiger charge is 2.30. The van der Waals surface area contributed by atoms with Crippen LogP contribution in [0.15, 0.2) is 34.9 Å². The molecular formula is C15H18BrN3. The molecule has 19 heavy (non-hydrogen) atoms. The zero-order chi connectivity index (χ0) is 13.2. The predicted octanol–water partition coefficient (Wildman–Crippen LogP) is 3.29. The first-order chi connectivity index (χ1) is 9.29. The quantitative estimate of drug-likeness (QED) is 0.916. The molecule has 0 bridgehead atoms. The molecule has 1 aliphatic rings. The zero-order valence-electron chi connectivity index (χ0n) is 11.1. The minimum atomic E-state index is 0.716. The van der Waals surface area contributed by atoms with Crippen molar-refractivity contribution in [1.29, 1.82) is 0 Å². The Bertz CT molecular complexity index is 573. The van der Waals surface area contributed by atoms with E-state index in [2.05, 4.69) is 49.2 Å². The Morgan fingerprint density at radius 2 is 2.11 bits per heavy atom. The second-order valence-corrected chi connectivity index (χ2v) is 5.96. The summed E-state index contributed by atoms with van der Waals surface area (Å²) in [6.07, 6.45) is 4.62. The van der Waals surface area contributed by atoms with E-state index in [4.69, 9.17) is 0 Å². The standard InChI is InChI=1S/C15H18BrN3/c1-17-8-13-9-18-19(15(13)11-6-7-11)10-12-4-2-3-5-14(12)16/h2-5,9,11,17H,6-8,10H2,1H3. The van der Waals surface area contributed by atoms with Crippen molar-refractivity contribution in [1.82, 2.24) is 15.1 Å². The Balaban J connectivity index is 1.90. The molecule has 1 N–H and O–H groups in total. The summed E-state index contributed by atoms with van der Waals surface area (Å²) in [4.78, 5) is 0. The van der Waals surface area contributed by atoms with Crippen LogP contribution < -0.4 is 5.32 Å². The first kappa shape index (κ1) is 12.9. The summed E-state index contributed by atoms with van der Waals surface area (Å²) >= 11 is 3.62. The summed E-state index contributed by atoms with van der Waals surface area (Å²) in [6.45, 7) is 1.75. The molecule has 4 heteroatoms. The van der Waals surface area contributed by atoms with Gasteiger partial charge in [-0.05, 0) is 31.5 Å². The van der Waals surface area contributed by atoms with Crippen molar-refractivity contribution in [3.05, 3.63) is 51.8 Å². The number of benzene rings is 1. The highest BCUT2D eigenvalue weighted by Crippen LogP contribution is 2.41. The molecule has 3 nitrogen and oxygen atoms in total. The van der Waals surface area contributed by atoms with Gasteiger partial charge in [0.15, 0.2) is 0 Å². The fourth-order valence-corrected chi connectivity index (χ4v) is 2.91. The third-order valence-corrected chi connectivity index (χ3v) is 4.34. The van der Waals surface area contributed by atoms with Crippen LogP contribution in [-0.2, 0) is 13.1 Å². The van der Waals surface area contributed by atoms with Crippen molar-refractivity contribution in [2.24, 2.45) is 0 Å². The molecule has 0 amide bonds. The normalized spacial score (nSPS) is 14.8. The molecule has 0 atom stereocenters. The third kappa shape index (κ3) is 2.74. The van der Waals surface area contributed by atoms with Crippen LogP contribution >= 0.6 is 15.9 Å². The first-order valence-electron chi connectivity index (χ1n) is 6.72. The molecule has 0 saturated heterocycles. The van der Waals surface area contributed by atoms with E-state index in [9.17, 15) is 0 Å². The number of hydrogen-bond acceptors (Lipinski definition) is 2. The largest absolute Gasteiger partial charge is 0.316 e. The van der Waals surface area contributed by atoms with Crippen molar-refractivity contribution >= 4 is 15.9 Å². The molecule has 0 unspecified atom stereocenters. The van der Waals surface area contributed by atoms with Gasteiger partial charge < -0.3 is 5.32 Å². The van der Waals surface area contributed by atoms with Crippen molar-refractivity contribution in [3.8, 4) is 0 Å². The number of aromatic nitrogens is 2. The van der Waals surface area contributed by atoms with Crippen LogP contribution in [-0.4, -0.2) is 16.8 Å². The maximum atomic E-state index is 4.59. The van der Waals surface area contributed by atoms with Gasteiger partial charge in [-0.15, -0.1) is 0 Å². The van der Waals surface area contributed by atoms with Gasteiger partial charge in [0, 0.05) is 28.2 Å². The maximum Gasteiger partial charge on any atom is 0.0673 e. The Hall–Kier alpha value is -1.13. The van der Waals surface area contributed by atoms with E-state index in [0.29, 0.717) is 5.92 Å². The summed E-state index contributed by atoms with van der Waals surface area (Å²) < 4.78 is 3.33. The fourth-order valence-electron chi connectivity index (χ4n) is 2.50. The molecule has 0 spiro atoms. The van der Waals surface area contributed by atoms with Crippen molar-refractivity contribution in [2.75, 3.05) is 7.05 Å². The molecule has 1 saturated carbocycles. The molecule has 0 radical (unpaired) electrons. The summed E-state index contributed by atoms with van der Waals surface area (Å²) in [7, 11) is 1.99. The highest BCUT2D eigenvalue weighted by molar-refractivity contribution is 9.10. The zero-order valence-corrected chi connectivity index (χ0v) is 12.7. The second kappa shape index (κ2) is 5.47. The summed E-state index contributed by atoms with van der Waals surface area (Å²) in [5.74, 6) is 0.716. The summed E-state index contributed by atoms with van der Waals surface area (Å²) in [6, 6.07) is 8.37. The Morgan fingerprint density at radius 1 is 1.32 bits per heavy atom. The third-order valence-electron chi connectivity index (χ3n) is 3.57. The maximum absolute atomic E-state index is 4.59. The number of nitrogens with zero attached hydrogens (tertiary/aromatic N) is 2. The Morgan fingerprint density at radius 3 is 2.79 bits per heavy atom. The van der Waals surface area contributed by atoms with Gasteiger partial charge in [0.25, 0.3) is 0 Å². The van der Waals surface area contributed by atoms with Gasteiger partial charge in [-0.1, -0.05) is 34.1 Å². The summed E-state index contributed by atoms with van der Waals surface area (Å²) in [5, 5.41) is 7.82. The van der Waals surface area contributed by atoms with Crippen molar-refractivity contribution in [3.63, 3.8) is 0 Å². The topological polar surface area (TPSA) is 29.9 Å². The van der Waals surface area contributed by atoms with Crippen molar-refractivity contribution in [2.45, 2.75) is 31.8 Å². The van der Waals surface area contributed by atoms with Gasteiger partial charge >= 0.3 is 0 Å². The molecule has 1 aromatic heterocycles. The molecular weight excluding hydrogens is 302 g/mol. The van der Waals surface area contributed by atoms with E-state index in [1.807, 2.05) is 19.3 Å². The van der Waals surface area contributed by atoms with Gasteiger partial charge in [-0.3, -0.25) is 4.68 Å². The fraction of sp³-hybridized carbons (Fsp3) is 0.400. The second-order valence-electron chi connectivity index (χ2n) is 5.11. The molecule has 100 valence electrons. The van der Waals surface area contributed by atoms with Crippen molar-refractivity contribution < 1.29 is 0 Å².